The third-order valence-corrected chi connectivity index (χ3v) is 3.88. The molecule has 0 aliphatic rings. The lowest BCUT2D eigenvalue weighted by Crippen LogP contribution is -2.39. The van der Waals surface area contributed by atoms with E-state index in [1.165, 1.54) is 0 Å². The van der Waals surface area contributed by atoms with Crippen LogP contribution < -0.4 is 0 Å². The van der Waals surface area contributed by atoms with Crippen LogP contribution in [0.1, 0.15) is 50.4 Å². The van der Waals surface area contributed by atoms with Crippen LogP contribution in [0, 0.1) is 3.57 Å². The molecule has 0 N–H and O–H groups in total. The zero-order chi connectivity index (χ0) is 13.5. The number of benzene rings is 1. The molecule has 0 aromatic heterocycles. The number of unbranched alkanes of at least 4 members (excludes halogenated alkanes) is 1. The van der Waals surface area contributed by atoms with E-state index in [1.807, 2.05) is 29.2 Å². The van der Waals surface area contributed by atoms with Crippen molar-refractivity contribution in [1.29, 1.82) is 0 Å². The van der Waals surface area contributed by atoms with E-state index in [9.17, 15) is 4.79 Å². The summed E-state index contributed by atoms with van der Waals surface area (Å²) >= 11 is 2.25. The Morgan fingerprint density at radius 3 is 2.67 bits per heavy atom. The lowest BCUT2D eigenvalue weighted by atomic mass is 10.1. The van der Waals surface area contributed by atoms with Gasteiger partial charge in [0.1, 0.15) is 0 Å². The first-order valence-electron chi connectivity index (χ1n) is 6.66. The van der Waals surface area contributed by atoms with Crippen LogP contribution >= 0.6 is 22.6 Å². The molecule has 1 aromatic carbocycles. The van der Waals surface area contributed by atoms with Gasteiger partial charge in [0.25, 0.3) is 5.91 Å². The Morgan fingerprint density at radius 2 is 2.11 bits per heavy atom. The third-order valence-electron chi connectivity index (χ3n) is 3.21. The van der Waals surface area contributed by atoms with Crippen molar-refractivity contribution in [2.45, 2.75) is 46.1 Å². The fraction of sp³-hybridized carbons (Fsp3) is 0.533. The van der Waals surface area contributed by atoms with Gasteiger partial charge in [-0.1, -0.05) is 26.3 Å². The lowest BCUT2D eigenvalue weighted by molar-refractivity contribution is 0.0685. The summed E-state index contributed by atoms with van der Waals surface area (Å²) in [6.45, 7) is 7.27. The number of rotatable bonds is 6. The largest absolute Gasteiger partial charge is 0.336 e. The van der Waals surface area contributed by atoms with E-state index in [-0.39, 0.29) is 5.91 Å². The number of hydrogen-bond donors (Lipinski definition) is 0. The molecule has 100 valence electrons. The van der Waals surface area contributed by atoms with Crippen molar-refractivity contribution in [2.75, 3.05) is 6.54 Å². The maximum atomic E-state index is 12.5. The molecule has 3 heteroatoms. The van der Waals surface area contributed by atoms with E-state index in [0.717, 1.165) is 34.9 Å². The molecule has 0 saturated heterocycles. The molecule has 1 amide bonds. The van der Waals surface area contributed by atoms with Crippen molar-refractivity contribution < 1.29 is 4.79 Å². The fourth-order valence-electron chi connectivity index (χ4n) is 1.86. The van der Waals surface area contributed by atoms with Crippen LogP contribution in [-0.4, -0.2) is 23.4 Å². The summed E-state index contributed by atoms with van der Waals surface area (Å²) in [5, 5.41) is 0. The highest BCUT2D eigenvalue weighted by Crippen LogP contribution is 2.14. The average Bonchev–Trinajstić information content (AvgIpc) is 2.38. The number of carbonyl (C=O) groups is 1. The minimum Gasteiger partial charge on any atom is -0.336 e. The van der Waals surface area contributed by atoms with Crippen LogP contribution in [0.25, 0.3) is 0 Å². The van der Waals surface area contributed by atoms with E-state index in [0.29, 0.717) is 6.04 Å². The van der Waals surface area contributed by atoms with Gasteiger partial charge in [-0.15, -0.1) is 0 Å². The molecule has 1 rings (SSSR count). The van der Waals surface area contributed by atoms with Gasteiger partial charge in [-0.3, -0.25) is 4.79 Å². The summed E-state index contributed by atoms with van der Waals surface area (Å²) in [5.41, 5.74) is 0.804. The topological polar surface area (TPSA) is 20.3 Å². The van der Waals surface area contributed by atoms with Gasteiger partial charge in [0.2, 0.25) is 0 Å². The Balaban J connectivity index is 2.87. The molecule has 1 aromatic rings. The van der Waals surface area contributed by atoms with Crippen molar-refractivity contribution in [3.63, 3.8) is 0 Å². The number of halogens is 1. The second kappa shape index (κ2) is 7.77. The fourth-order valence-corrected chi connectivity index (χ4v) is 2.40. The molecule has 1 atom stereocenters. The molecule has 0 aliphatic heterocycles. The number of nitrogens with zero attached hydrogens (tertiary/aromatic N) is 1. The van der Waals surface area contributed by atoms with Gasteiger partial charge in [0.15, 0.2) is 0 Å². The predicted molar refractivity (Wildman–Crippen MR) is 84.9 cm³/mol. The molecule has 18 heavy (non-hydrogen) atoms. The Labute approximate surface area is 124 Å². The highest BCUT2D eigenvalue weighted by molar-refractivity contribution is 14.1. The van der Waals surface area contributed by atoms with Gasteiger partial charge in [-0.25, -0.2) is 0 Å². The van der Waals surface area contributed by atoms with E-state index in [4.69, 9.17) is 0 Å². The average molecular weight is 359 g/mol. The van der Waals surface area contributed by atoms with E-state index < -0.39 is 0 Å². The molecule has 0 saturated carbocycles. The lowest BCUT2D eigenvalue weighted by Gasteiger charge is -2.28. The van der Waals surface area contributed by atoms with Crippen LogP contribution in [0.2, 0.25) is 0 Å². The third kappa shape index (κ3) is 4.26. The molecule has 1 unspecified atom stereocenters. The van der Waals surface area contributed by atoms with Crippen molar-refractivity contribution in [1.82, 2.24) is 4.90 Å². The number of amides is 1. The van der Waals surface area contributed by atoms with Crippen molar-refractivity contribution in [3.8, 4) is 0 Å². The minimum atomic E-state index is 0.163. The van der Waals surface area contributed by atoms with Gasteiger partial charge in [0, 0.05) is 21.7 Å². The summed E-state index contributed by atoms with van der Waals surface area (Å²) in [6, 6.07) is 8.14. The molecule has 0 bridgehead atoms. The molecule has 0 spiro atoms. The van der Waals surface area contributed by atoms with E-state index in [1.54, 1.807) is 0 Å². The van der Waals surface area contributed by atoms with Crippen LogP contribution in [0.15, 0.2) is 24.3 Å². The Morgan fingerprint density at radius 1 is 1.39 bits per heavy atom. The van der Waals surface area contributed by atoms with Gasteiger partial charge in [-0.05, 0) is 60.6 Å². The molecule has 0 fully saturated rings. The van der Waals surface area contributed by atoms with Gasteiger partial charge in [-0.2, -0.15) is 0 Å². The zero-order valence-corrected chi connectivity index (χ0v) is 13.6. The smallest absolute Gasteiger partial charge is 0.254 e. The van der Waals surface area contributed by atoms with E-state index >= 15 is 0 Å². The van der Waals surface area contributed by atoms with Gasteiger partial charge >= 0.3 is 0 Å². The molecular formula is C15H22INO. The van der Waals surface area contributed by atoms with Crippen molar-refractivity contribution in [2.24, 2.45) is 0 Å². The minimum absolute atomic E-state index is 0.163. The van der Waals surface area contributed by atoms with Gasteiger partial charge in [0.05, 0.1) is 0 Å². The number of carbonyl (C=O) groups excluding carboxylic acids is 1. The Bertz CT molecular complexity index is 392. The highest BCUT2D eigenvalue weighted by Gasteiger charge is 2.19. The summed E-state index contributed by atoms with van der Waals surface area (Å²) in [5.74, 6) is 0.163. The molecule has 0 aliphatic carbocycles. The van der Waals surface area contributed by atoms with Crippen molar-refractivity contribution in [3.05, 3.63) is 33.4 Å². The zero-order valence-electron chi connectivity index (χ0n) is 11.4. The second-order valence-electron chi connectivity index (χ2n) is 4.62. The monoisotopic (exact) mass is 359 g/mol. The molecular weight excluding hydrogens is 337 g/mol. The maximum absolute atomic E-state index is 12.5. The molecule has 2 nitrogen and oxygen atoms in total. The standard InChI is InChI=1S/C15H22INO/c1-4-6-10-17(12(3)5-2)15(18)13-8-7-9-14(16)11-13/h7-9,11-12H,4-6,10H2,1-3H3. The van der Waals surface area contributed by atoms with Crippen LogP contribution in [0.5, 0.6) is 0 Å². The molecule has 0 heterocycles. The predicted octanol–water partition coefficient (Wildman–Crippen LogP) is 4.33. The van der Waals surface area contributed by atoms with Crippen LogP contribution in [0.3, 0.4) is 0 Å². The second-order valence-corrected chi connectivity index (χ2v) is 5.87. The first kappa shape index (κ1) is 15.5. The normalized spacial score (nSPS) is 12.2. The summed E-state index contributed by atoms with van der Waals surface area (Å²) in [4.78, 5) is 14.5. The van der Waals surface area contributed by atoms with Crippen molar-refractivity contribution >= 4 is 28.5 Å². The van der Waals surface area contributed by atoms with E-state index in [2.05, 4.69) is 43.4 Å². The van der Waals surface area contributed by atoms with Gasteiger partial charge < -0.3 is 4.90 Å². The quantitative estimate of drug-likeness (QED) is 0.693. The Kier molecular flexibility index (Phi) is 6.68. The SMILES string of the molecule is CCCCN(C(=O)c1cccc(I)c1)C(C)CC. The summed E-state index contributed by atoms with van der Waals surface area (Å²) in [7, 11) is 0. The van der Waals surface area contributed by atoms with Crippen LogP contribution in [-0.2, 0) is 0 Å². The first-order chi connectivity index (χ1) is 8.60. The summed E-state index contributed by atoms with van der Waals surface area (Å²) in [6.07, 6.45) is 3.19. The Hall–Kier alpha value is -0.580. The molecule has 0 radical (unpaired) electrons. The maximum Gasteiger partial charge on any atom is 0.254 e. The first-order valence-corrected chi connectivity index (χ1v) is 7.74. The van der Waals surface area contributed by atoms with Crippen LogP contribution in [0.4, 0.5) is 0 Å². The summed E-state index contributed by atoms with van der Waals surface area (Å²) < 4.78 is 1.11. The number of hydrogen-bond acceptors (Lipinski definition) is 1. The highest BCUT2D eigenvalue weighted by atomic mass is 127.